The van der Waals surface area contributed by atoms with Crippen molar-refractivity contribution in [2.24, 2.45) is 17.3 Å². The fourth-order valence-electron chi connectivity index (χ4n) is 5.76. The summed E-state index contributed by atoms with van der Waals surface area (Å²) in [6, 6.07) is 11.2. The molecular formula is C27H30N2O4. The van der Waals surface area contributed by atoms with E-state index in [4.69, 9.17) is 0 Å². The normalized spacial score (nSPS) is 20.8. The molecule has 3 N–H and O–H groups in total. The van der Waals surface area contributed by atoms with Crippen molar-refractivity contribution in [3.8, 4) is 12.1 Å². The second-order valence-electron chi connectivity index (χ2n) is 8.86. The molecule has 33 heavy (non-hydrogen) atoms. The highest BCUT2D eigenvalue weighted by atomic mass is 16.4. The molecule has 0 saturated carbocycles. The fourth-order valence-corrected chi connectivity index (χ4v) is 5.76. The summed E-state index contributed by atoms with van der Waals surface area (Å²) in [6.07, 6.45) is 5.04. The zero-order valence-corrected chi connectivity index (χ0v) is 19.1. The van der Waals surface area contributed by atoms with Crippen LogP contribution < -0.4 is 0 Å². The maximum absolute atomic E-state index is 12.6. The van der Waals surface area contributed by atoms with Gasteiger partial charge in [-0.15, -0.1) is 0 Å². The molecular weight excluding hydrogens is 416 g/mol. The average molecular weight is 447 g/mol. The Morgan fingerprint density at radius 1 is 1.03 bits per heavy atom. The van der Waals surface area contributed by atoms with E-state index in [2.05, 4.69) is 0 Å². The zero-order valence-electron chi connectivity index (χ0n) is 19.1. The molecule has 2 atom stereocenters. The van der Waals surface area contributed by atoms with Gasteiger partial charge in [-0.05, 0) is 47.8 Å². The van der Waals surface area contributed by atoms with Crippen molar-refractivity contribution in [3.63, 3.8) is 0 Å². The van der Waals surface area contributed by atoms with Gasteiger partial charge in [0.1, 0.15) is 17.7 Å². The van der Waals surface area contributed by atoms with Gasteiger partial charge in [0.05, 0.1) is 5.57 Å². The highest BCUT2D eigenvalue weighted by Crippen LogP contribution is 2.58. The highest BCUT2D eigenvalue weighted by Gasteiger charge is 2.49. The number of fused-ring (bicyclic) bond motifs is 2. The van der Waals surface area contributed by atoms with E-state index in [1.807, 2.05) is 50.3 Å². The van der Waals surface area contributed by atoms with Crippen LogP contribution in [0.1, 0.15) is 57.1 Å². The van der Waals surface area contributed by atoms with Crippen LogP contribution >= 0.6 is 0 Å². The summed E-state index contributed by atoms with van der Waals surface area (Å²) in [5.74, 6) is -1.64. The Bertz CT molecular complexity index is 1080. The van der Waals surface area contributed by atoms with Crippen LogP contribution in [0.25, 0.3) is 11.1 Å². The first kappa shape index (κ1) is 24.5. The molecule has 1 aromatic carbocycles. The van der Waals surface area contributed by atoms with Crippen LogP contribution in [0.15, 0.2) is 47.1 Å². The van der Waals surface area contributed by atoms with Gasteiger partial charge in [0, 0.05) is 29.8 Å². The molecule has 0 radical (unpaired) electrons. The van der Waals surface area contributed by atoms with E-state index in [0.29, 0.717) is 47.1 Å². The number of carboxylic acid groups (broad SMARTS) is 1. The number of nitriles is 2. The molecule has 172 valence electrons. The number of aliphatic carboxylic acids is 1. The van der Waals surface area contributed by atoms with Gasteiger partial charge in [-0.25, -0.2) is 4.79 Å². The van der Waals surface area contributed by atoms with E-state index in [9.17, 15) is 30.6 Å². The minimum absolute atomic E-state index is 0.0555. The first-order chi connectivity index (χ1) is 15.9. The molecule has 0 fully saturated rings. The third-order valence-electron chi connectivity index (χ3n) is 7.17. The number of hydrogen-bond donors (Lipinski definition) is 3. The number of carboxylic acids is 1. The lowest BCUT2D eigenvalue weighted by Gasteiger charge is -2.46. The van der Waals surface area contributed by atoms with Crippen LogP contribution in [0.2, 0.25) is 0 Å². The van der Waals surface area contributed by atoms with Gasteiger partial charge < -0.3 is 15.3 Å². The number of rotatable bonds is 9. The SMILES string of the molecule is CCCC(CO)C1(C(CO)CCC)C=C(C(=O)O)C2=C(C1)C(=C(C#N)C#N)c1ccccc12. The summed E-state index contributed by atoms with van der Waals surface area (Å²) in [4.78, 5) is 12.6. The van der Waals surface area contributed by atoms with Gasteiger partial charge in [0.25, 0.3) is 0 Å². The molecule has 3 rings (SSSR count). The summed E-state index contributed by atoms with van der Waals surface area (Å²) in [7, 11) is 0. The molecule has 2 aliphatic carbocycles. The third kappa shape index (κ3) is 4.02. The Balaban J connectivity index is 2.39. The smallest absolute Gasteiger partial charge is 0.336 e. The van der Waals surface area contributed by atoms with E-state index in [1.54, 1.807) is 6.08 Å². The largest absolute Gasteiger partial charge is 0.478 e. The molecule has 6 nitrogen and oxygen atoms in total. The maximum Gasteiger partial charge on any atom is 0.336 e. The maximum atomic E-state index is 12.6. The molecule has 0 amide bonds. The monoisotopic (exact) mass is 446 g/mol. The van der Waals surface area contributed by atoms with Crippen LogP contribution in [0.5, 0.6) is 0 Å². The lowest BCUT2D eigenvalue weighted by atomic mass is 9.57. The van der Waals surface area contributed by atoms with Gasteiger partial charge in [0.2, 0.25) is 0 Å². The predicted octanol–water partition coefficient (Wildman–Crippen LogP) is 4.47. The van der Waals surface area contributed by atoms with Crippen molar-refractivity contribution in [1.82, 2.24) is 0 Å². The second-order valence-corrected chi connectivity index (χ2v) is 8.86. The Labute approximate surface area is 194 Å². The number of carbonyl (C=O) groups is 1. The van der Waals surface area contributed by atoms with Gasteiger partial charge >= 0.3 is 5.97 Å². The third-order valence-corrected chi connectivity index (χ3v) is 7.17. The Hall–Kier alpha value is -3.19. The zero-order chi connectivity index (χ0) is 24.2. The molecule has 0 spiro atoms. The van der Waals surface area contributed by atoms with Crippen LogP contribution in [-0.2, 0) is 4.79 Å². The Morgan fingerprint density at radius 3 is 2.03 bits per heavy atom. The summed E-state index contributed by atoms with van der Waals surface area (Å²) < 4.78 is 0. The van der Waals surface area contributed by atoms with Crippen molar-refractivity contribution in [2.45, 2.75) is 46.0 Å². The molecule has 1 aromatic rings. The first-order valence-electron chi connectivity index (χ1n) is 11.5. The molecule has 0 saturated heterocycles. The van der Waals surface area contributed by atoms with Crippen molar-refractivity contribution in [2.75, 3.05) is 13.2 Å². The van der Waals surface area contributed by atoms with E-state index in [1.165, 1.54) is 0 Å². The molecule has 2 aliphatic rings. The Morgan fingerprint density at radius 2 is 1.58 bits per heavy atom. The summed E-state index contributed by atoms with van der Waals surface area (Å²) in [6.45, 7) is 3.74. The number of benzene rings is 1. The van der Waals surface area contributed by atoms with Crippen molar-refractivity contribution < 1.29 is 20.1 Å². The van der Waals surface area contributed by atoms with Gasteiger partial charge in [0.15, 0.2) is 0 Å². The lowest BCUT2D eigenvalue weighted by molar-refractivity contribution is -0.132. The van der Waals surface area contributed by atoms with E-state index in [0.717, 1.165) is 12.8 Å². The second kappa shape index (κ2) is 10.2. The van der Waals surface area contributed by atoms with E-state index >= 15 is 0 Å². The molecule has 6 heteroatoms. The molecule has 0 bridgehead atoms. The number of allylic oxidation sites excluding steroid dienone is 4. The van der Waals surface area contributed by atoms with Crippen LogP contribution in [-0.4, -0.2) is 34.5 Å². The molecule has 2 unspecified atom stereocenters. The van der Waals surface area contributed by atoms with Crippen molar-refractivity contribution in [1.29, 1.82) is 10.5 Å². The van der Waals surface area contributed by atoms with Crippen molar-refractivity contribution >= 4 is 17.1 Å². The summed E-state index contributed by atoms with van der Waals surface area (Å²) in [5.41, 5.74) is 2.27. The summed E-state index contributed by atoms with van der Waals surface area (Å²) >= 11 is 0. The Kier molecular flexibility index (Phi) is 7.53. The molecule has 0 aromatic heterocycles. The van der Waals surface area contributed by atoms with Gasteiger partial charge in [-0.2, -0.15) is 10.5 Å². The van der Waals surface area contributed by atoms with Gasteiger partial charge in [-0.1, -0.05) is 57.0 Å². The highest BCUT2D eigenvalue weighted by molar-refractivity contribution is 6.16. The van der Waals surface area contributed by atoms with Crippen molar-refractivity contribution in [3.05, 3.63) is 58.2 Å². The van der Waals surface area contributed by atoms with Crippen LogP contribution in [0, 0.1) is 39.9 Å². The minimum Gasteiger partial charge on any atom is -0.478 e. The lowest BCUT2D eigenvalue weighted by Crippen LogP contribution is -2.42. The number of nitrogens with zero attached hydrogens (tertiary/aromatic N) is 2. The predicted molar refractivity (Wildman–Crippen MR) is 125 cm³/mol. The number of hydrogen-bond acceptors (Lipinski definition) is 5. The van der Waals surface area contributed by atoms with Gasteiger partial charge in [-0.3, -0.25) is 0 Å². The average Bonchev–Trinajstić information content (AvgIpc) is 3.15. The fraction of sp³-hybridized carbons (Fsp3) is 0.444. The molecule has 0 aliphatic heterocycles. The van der Waals surface area contributed by atoms with E-state index in [-0.39, 0.29) is 36.2 Å². The first-order valence-corrected chi connectivity index (χ1v) is 11.5. The minimum atomic E-state index is -1.10. The van der Waals surface area contributed by atoms with E-state index < -0.39 is 11.4 Å². The van der Waals surface area contributed by atoms with Crippen LogP contribution in [0.4, 0.5) is 0 Å². The van der Waals surface area contributed by atoms with Crippen LogP contribution in [0.3, 0.4) is 0 Å². The topological polar surface area (TPSA) is 125 Å². The summed E-state index contributed by atoms with van der Waals surface area (Å²) in [5, 5.41) is 50.5. The number of aliphatic hydroxyl groups excluding tert-OH is 2. The number of aliphatic hydroxyl groups is 2. The standard InChI is InChI=1S/C27H30N2O4/c1-3-7-18(15-30)27(19(16-31)8-4-2)11-22-24(17(13-28)14-29)20-9-5-6-10-21(20)25(22)23(12-27)26(32)33/h5-6,9-10,12,18-19,30-31H,3-4,7-8,11,15-16H2,1-2H3,(H,32,33). The quantitative estimate of drug-likeness (QED) is 0.481. The molecule has 0 heterocycles.